The van der Waals surface area contributed by atoms with Crippen LogP contribution in [0.3, 0.4) is 0 Å². The zero-order valence-electron chi connectivity index (χ0n) is 20.4. The number of aryl methyl sites for hydroxylation is 1. The van der Waals surface area contributed by atoms with Gasteiger partial charge in [-0.15, -0.1) is 0 Å². The molecule has 2 heterocycles. The minimum Gasteiger partial charge on any atom is -0.494 e. The molecule has 0 saturated heterocycles. The van der Waals surface area contributed by atoms with E-state index in [9.17, 15) is 8.78 Å². The molecular formula is C28H29F2N5O. The van der Waals surface area contributed by atoms with E-state index in [0.717, 1.165) is 23.4 Å². The van der Waals surface area contributed by atoms with Crippen LogP contribution in [-0.4, -0.2) is 27.5 Å². The second-order valence-electron chi connectivity index (χ2n) is 9.01. The standard InChI is InChI=1S/C28H29F2N5O/c1-4-18-15-20(9-10-21(18)17(2)33-19-7-5-6-8-19)34-27-28-32-16-23(35(28)14-13-31-27)22-11-12-24(36-3)26(30)25(22)29/h9-16,19,33H,2,4-8H2,1,3H3,(H,31,34). The Kier molecular flexibility index (Phi) is 6.59. The van der Waals surface area contributed by atoms with Gasteiger partial charge in [0.25, 0.3) is 0 Å². The van der Waals surface area contributed by atoms with Crippen molar-refractivity contribution in [1.29, 1.82) is 0 Å². The smallest absolute Gasteiger partial charge is 0.201 e. The first-order chi connectivity index (χ1) is 17.5. The number of benzene rings is 2. The molecule has 2 aromatic carbocycles. The van der Waals surface area contributed by atoms with Gasteiger partial charge in [-0.2, -0.15) is 4.39 Å². The summed E-state index contributed by atoms with van der Waals surface area (Å²) in [7, 11) is 1.30. The lowest BCUT2D eigenvalue weighted by Crippen LogP contribution is -2.24. The van der Waals surface area contributed by atoms with E-state index >= 15 is 0 Å². The average molecular weight is 490 g/mol. The summed E-state index contributed by atoms with van der Waals surface area (Å²) in [4.78, 5) is 8.89. The summed E-state index contributed by atoms with van der Waals surface area (Å²) in [5, 5.41) is 6.93. The van der Waals surface area contributed by atoms with Gasteiger partial charge in [0.05, 0.1) is 19.0 Å². The fraction of sp³-hybridized carbons (Fsp3) is 0.286. The van der Waals surface area contributed by atoms with Gasteiger partial charge in [-0.25, -0.2) is 14.4 Å². The molecule has 0 atom stereocenters. The Hall–Kier alpha value is -3.94. The summed E-state index contributed by atoms with van der Waals surface area (Å²) in [6.45, 7) is 6.40. The molecule has 0 bridgehead atoms. The Bertz CT molecular complexity index is 1430. The van der Waals surface area contributed by atoms with E-state index in [1.807, 2.05) is 6.07 Å². The van der Waals surface area contributed by atoms with E-state index in [-0.39, 0.29) is 11.3 Å². The van der Waals surface area contributed by atoms with Crippen LogP contribution in [0.2, 0.25) is 0 Å². The molecule has 186 valence electrons. The summed E-state index contributed by atoms with van der Waals surface area (Å²) in [5.41, 5.74) is 5.09. The van der Waals surface area contributed by atoms with E-state index in [1.54, 1.807) is 16.8 Å². The molecule has 8 heteroatoms. The molecular weight excluding hydrogens is 460 g/mol. The largest absolute Gasteiger partial charge is 0.494 e. The monoisotopic (exact) mass is 489 g/mol. The van der Waals surface area contributed by atoms with Gasteiger partial charge >= 0.3 is 0 Å². The van der Waals surface area contributed by atoms with Gasteiger partial charge in [0.15, 0.2) is 23.0 Å². The summed E-state index contributed by atoms with van der Waals surface area (Å²) in [5.74, 6) is -1.66. The molecule has 1 aliphatic carbocycles. The van der Waals surface area contributed by atoms with Crippen molar-refractivity contribution in [3.63, 3.8) is 0 Å². The number of anilines is 2. The predicted octanol–water partition coefficient (Wildman–Crippen LogP) is 6.49. The molecule has 6 nitrogen and oxygen atoms in total. The number of imidazole rings is 1. The summed E-state index contributed by atoms with van der Waals surface area (Å²) < 4.78 is 35.7. The lowest BCUT2D eigenvalue weighted by atomic mass is 10.0. The highest BCUT2D eigenvalue weighted by Crippen LogP contribution is 2.32. The van der Waals surface area contributed by atoms with Gasteiger partial charge in [-0.05, 0) is 49.1 Å². The lowest BCUT2D eigenvalue weighted by molar-refractivity contribution is 0.372. The number of hydrogen-bond acceptors (Lipinski definition) is 5. The normalized spacial score (nSPS) is 13.8. The molecule has 1 aliphatic rings. The molecule has 5 rings (SSSR count). The van der Waals surface area contributed by atoms with Crippen molar-refractivity contribution in [2.45, 2.75) is 45.1 Å². The van der Waals surface area contributed by atoms with Gasteiger partial charge in [0.2, 0.25) is 5.82 Å². The Morgan fingerprint density at radius 1 is 1.14 bits per heavy atom. The molecule has 1 saturated carbocycles. The number of halogens is 2. The zero-order chi connectivity index (χ0) is 25.2. The predicted molar refractivity (Wildman–Crippen MR) is 138 cm³/mol. The second-order valence-corrected chi connectivity index (χ2v) is 9.01. The molecule has 2 N–H and O–H groups in total. The first-order valence-corrected chi connectivity index (χ1v) is 12.2. The molecule has 36 heavy (non-hydrogen) atoms. The van der Waals surface area contributed by atoms with Crippen molar-refractivity contribution in [3.8, 4) is 17.0 Å². The number of rotatable bonds is 8. The molecule has 1 fully saturated rings. The molecule has 0 spiro atoms. The van der Waals surface area contributed by atoms with E-state index < -0.39 is 11.6 Å². The number of aromatic nitrogens is 3. The Labute approximate surface area is 209 Å². The topological polar surface area (TPSA) is 63.5 Å². The Morgan fingerprint density at radius 3 is 2.69 bits per heavy atom. The summed E-state index contributed by atoms with van der Waals surface area (Å²) in [6, 6.07) is 9.52. The van der Waals surface area contributed by atoms with Crippen molar-refractivity contribution in [2.24, 2.45) is 0 Å². The SMILES string of the molecule is C=C(NC1CCCC1)c1ccc(Nc2nccn3c(-c4ccc(OC)c(F)c4F)cnc23)cc1CC. The second kappa shape index (κ2) is 9.97. The van der Waals surface area contributed by atoms with Crippen LogP contribution in [0, 0.1) is 11.6 Å². The molecule has 0 unspecified atom stereocenters. The quantitative estimate of drug-likeness (QED) is 0.296. The highest BCUT2D eigenvalue weighted by Gasteiger charge is 2.20. The lowest BCUT2D eigenvalue weighted by Gasteiger charge is -2.19. The number of nitrogens with zero attached hydrogens (tertiary/aromatic N) is 3. The van der Waals surface area contributed by atoms with Crippen LogP contribution in [0.4, 0.5) is 20.3 Å². The fourth-order valence-electron chi connectivity index (χ4n) is 4.88. The van der Waals surface area contributed by atoms with E-state index in [2.05, 4.69) is 46.2 Å². The molecule has 0 amide bonds. The van der Waals surface area contributed by atoms with Crippen LogP contribution in [0.25, 0.3) is 22.6 Å². The van der Waals surface area contributed by atoms with Crippen LogP contribution in [0.15, 0.2) is 55.5 Å². The van der Waals surface area contributed by atoms with Gasteiger partial charge in [-0.3, -0.25) is 4.40 Å². The first kappa shape index (κ1) is 23.8. The van der Waals surface area contributed by atoms with Crippen molar-refractivity contribution < 1.29 is 13.5 Å². The highest BCUT2D eigenvalue weighted by molar-refractivity contribution is 5.76. The first-order valence-electron chi connectivity index (χ1n) is 12.2. The van der Waals surface area contributed by atoms with Gasteiger partial charge < -0.3 is 15.4 Å². The summed E-state index contributed by atoms with van der Waals surface area (Å²) >= 11 is 0. The van der Waals surface area contributed by atoms with Gasteiger partial charge in [0, 0.05) is 40.9 Å². The highest BCUT2D eigenvalue weighted by atomic mass is 19.2. The van der Waals surface area contributed by atoms with Crippen LogP contribution < -0.4 is 15.4 Å². The van der Waals surface area contributed by atoms with E-state index in [4.69, 9.17) is 4.74 Å². The number of methoxy groups -OCH3 is 1. The van der Waals surface area contributed by atoms with Crippen molar-refractivity contribution >= 4 is 22.8 Å². The summed E-state index contributed by atoms with van der Waals surface area (Å²) in [6.07, 6.45) is 10.5. The molecule has 2 aromatic heterocycles. The van der Waals surface area contributed by atoms with Crippen LogP contribution in [0.1, 0.15) is 43.7 Å². The number of fused-ring (bicyclic) bond motifs is 1. The third-order valence-electron chi connectivity index (χ3n) is 6.78. The minimum absolute atomic E-state index is 0.0869. The van der Waals surface area contributed by atoms with E-state index in [0.29, 0.717) is 23.2 Å². The fourth-order valence-corrected chi connectivity index (χ4v) is 4.88. The van der Waals surface area contributed by atoms with E-state index in [1.165, 1.54) is 56.7 Å². The number of ether oxygens (including phenoxy) is 1. The van der Waals surface area contributed by atoms with Gasteiger partial charge in [-0.1, -0.05) is 32.4 Å². The average Bonchev–Trinajstić information content (AvgIpc) is 3.56. The Balaban J connectivity index is 1.44. The molecule has 0 aliphatic heterocycles. The van der Waals surface area contributed by atoms with Crippen LogP contribution >= 0.6 is 0 Å². The van der Waals surface area contributed by atoms with Crippen LogP contribution in [0.5, 0.6) is 5.75 Å². The van der Waals surface area contributed by atoms with Crippen molar-refractivity contribution in [1.82, 2.24) is 19.7 Å². The minimum atomic E-state index is -1.03. The van der Waals surface area contributed by atoms with Gasteiger partial charge in [0.1, 0.15) is 0 Å². The maximum Gasteiger partial charge on any atom is 0.201 e. The number of hydrogen-bond donors (Lipinski definition) is 2. The maximum absolute atomic E-state index is 14.8. The molecule has 4 aromatic rings. The van der Waals surface area contributed by atoms with Crippen molar-refractivity contribution in [2.75, 3.05) is 12.4 Å². The molecule has 0 radical (unpaired) electrons. The maximum atomic E-state index is 14.8. The van der Waals surface area contributed by atoms with Crippen LogP contribution in [-0.2, 0) is 6.42 Å². The number of nitrogens with one attached hydrogen (secondary N) is 2. The van der Waals surface area contributed by atoms with Crippen molar-refractivity contribution in [3.05, 3.63) is 78.3 Å². The zero-order valence-corrected chi connectivity index (χ0v) is 20.4. The third-order valence-corrected chi connectivity index (χ3v) is 6.78. The Morgan fingerprint density at radius 2 is 1.94 bits per heavy atom. The third kappa shape index (κ3) is 4.39.